The van der Waals surface area contributed by atoms with Gasteiger partial charge in [0.15, 0.2) is 16.1 Å². The number of ether oxygens (including phenoxy) is 2. The molecule has 0 spiro atoms. The standard InChI is InChI=1S/C15H18ClFN4O3S/c1-15(22)6-21(4-5-24-7-15)12-8-10(18-14(20-12)25-3)9(17)11(16)19-13(8)23-2/h22H,4-7H2,1-3H3/t15-/m0/s1/i2D3. The third-order valence-corrected chi connectivity index (χ3v) is 4.50. The third kappa shape index (κ3) is 3.59. The maximum absolute atomic E-state index is 14.7. The molecule has 1 fully saturated rings. The summed E-state index contributed by atoms with van der Waals surface area (Å²) in [5.74, 6) is -1.14. The molecule has 0 amide bonds. The Hall–Kier alpha value is -1.42. The molecule has 0 aliphatic carbocycles. The molecule has 0 unspecified atom stereocenters. The molecule has 3 rings (SSSR count). The fourth-order valence-electron chi connectivity index (χ4n) is 2.65. The molecule has 0 aromatic carbocycles. The second-order valence-electron chi connectivity index (χ2n) is 5.85. The van der Waals surface area contributed by atoms with Crippen LogP contribution in [0.5, 0.6) is 5.88 Å². The Morgan fingerprint density at radius 3 is 3.00 bits per heavy atom. The lowest BCUT2D eigenvalue weighted by atomic mass is 10.1. The van der Waals surface area contributed by atoms with Gasteiger partial charge in [0.05, 0.1) is 30.9 Å². The zero-order valence-electron chi connectivity index (χ0n) is 16.5. The van der Waals surface area contributed by atoms with Crippen molar-refractivity contribution in [3.05, 3.63) is 11.0 Å². The summed E-state index contributed by atoms with van der Waals surface area (Å²) in [7, 11) is -2.84. The zero-order chi connectivity index (χ0) is 20.7. The number of anilines is 1. The molecule has 2 aromatic rings. The topological polar surface area (TPSA) is 80.6 Å². The van der Waals surface area contributed by atoms with Crippen molar-refractivity contribution in [1.29, 1.82) is 0 Å². The van der Waals surface area contributed by atoms with Crippen molar-refractivity contribution in [3.8, 4) is 5.88 Å². The number of nitrogens with zero attached hydrogens (tertiary/aromatic N) is 4. The number of halogens is 2. The predicted molar refractivity (Wildman–Crippen MR) is 94.3 cm³/mol. The maximum atomic E-state index is 14.7. The fraction of sp³-hybridized carbons (Fsp3) is 0.533. The molecule has 136 valence electrons. The molecule has 25 heavy (non-hydrogen) atoms. The summed E-state index contributed by atoms with van der Waals surface area (Å²) in [5, 5.41) is 10.1. The van der Waals surface area contributed by atoms with Gasteiger partial charge < -0.3 is 19.5 Å². The number of aliphatic hydroxyl groups is 1. The molecule has 0 bridgehead atoms. The molecule has 1 N–H and O–H groups in total. The summed E-state index contributed by atoms with van der Waals surface area (Å²) >= 11 is 7.01. The van der Waals surface area contributed by atoms with Gasteiger partial charge in [-0.15, -0.1) is 0 Å². The second-order valence-corrected chi connectivity index (χ2v) is 6.98. The third-order valence-electron chi connectivity index (χ3n) is 3.70. The fourth-order valence-corrected chi connectivity index (χ4v) is 3.18. The molecule has 1 aliphatic rings. The highest BCUT2D eigenvalue weighted by Gasteiger charge is 2.31. The van der Waals surface area contributed by atoms with Gasteiger partial charge >= 0.3 is 0 Å². The Balaban J connectivity index is 2.29. The van der Waals surface area contributed by atoms with Gasteiger partial charge in [0, 0.05) is 6.54 Å². The monoisotopic (exact) mass is 391 g/mol. The van der Waals surface area contributed by atoms with E-state index in [9.17, 15) is 9.50 Å². The largest absolute Gasteiger partial charge is 0.480 e. The van der Waals surface area contributed by atoms with Crippen LogP contribution in [0.1, 0.15) is 11.0 Å². The molecule has 0 radical (unpaired) electrons. The van der Waals surface area contributed by atoms with Gasteiger partial charge in [-0.1, -0.05) is 23.4 Å². The number of rotatable bonds is 3. The van der Waals surface area contributed by atoms with E-state index in [0.717, 1.165) is 0 Å². The molecular formula is C15H18ClFN4O3S. The molecule has 10 heteroatoms. The second kappa shape index (κ2) is 7.06. The zero-order valence-corrected chi connectivity index (χ0v) is 15.1. The van der Waals surface area contributed by atoms with Gasteiger partial charge in [0.25, 0.3) is 0 Å². The van der Waals surface area contributed by atoms with Gasteiger partial charge in [-0.05, 0) is 13.2 Å². The number of aromatic nitrogens is 3. The van der Waals surface area contributed by atoms with E-state index in [2.05, 4.69) is 15.0 Å². The quantitative estimate of drug-likeness (QED) is 0.484. The van der Waals surface area contributed by atoms with E-state index >= 15 is 0 Å². The number of pyridine rings is 1. The van der Waals surface area contributed by atoms with Gasteiger partial charge in [0.2, 0.25) is 5.88 Å². The van der Waals surface area contributed by atoms with Crippen molar-refractivity contribution >= 4 is 40.1 Å². The Bertz CT molecular complexity index is 903. The van der Waals surface area contributed by atoms with Crippen LogP contribution in [-0.4, -0.2) is 65.3 Å². The molecule has 2 aromatic heterocycles. The highest BCUT2D eigenvalue weighted by molar-refractivity contribution is 7.98. The first-order chi connectivity index (χ1) is 13.0. The summed E-state index contributed by atoms with van der Waals surface area (Å²) in [6, 6.07) is 0. The minimum atomic E-state index is -2.84. The number of β-amino-alcohol motifs (C(OH)–C–C–N with tert-alkyl or cyclic N) is 1. The average molecular weight is 392 g/mol. The number of methoxy groups -OCH3 is 1. The van der Waals surface area contributed by atoms with Crippen LogP contribution in [-0.2, 0) is 4.74 Å². The Morgan fingerprint density at radius 2 is 2.28 bits per heavy atom. The number of thioether (sulfide) groups is 1. The van der Waals surface area contributed by atoms with Gasteiger partial charge in [-0.25, -0.2) is 14.4 Å². The van der Waals surface area contributed by atoms with E-state index in [0.29, 0.717) is 6.54 Å². The van der Waals surface area contributed by atoms with Crippen molar-refractivity contribution < 1.29 is 23.1 Å². The lowest BCUT2D eigenvalue weighted by Gasteiger charge is -2.29. The lowest BCUT2D eigenvalue weighted by molar-refractivity contribution is -0.0123. The summed E-state index contributed by atoms with van der Waals surface area (Å²) in [4.78, 5) is 14.0. The first-order valence-electron chi connectivity index (χ1n) is 8.85. The number of hydrogen-bond acceptors (Lipinski definition) is 8. The van der Waals surface area contributed by atoms with Crippen LogP contribution in [0.2, 0.25) is 5.15 Å². The van der Waals surface area contributed by atoms with E-state index in [1.807, 2.05) is 0 Å². The van der Waals surface area contributed by atoms with E-state index in [1.165, 1.54) is 11.8 Å². The minimum absolute atomic E-state index is 0.0338. The van der Waals surface area contributed by atoms with Crippen LogP contribution in [0, 0.1) is 5.82 Å². The van der Waals surface area contributed by atoms with Crippen LogP contribution < -0.4 is 9.64 Å². The smallest absolute Gasteiger partial charge is 0.228 e. The number of fused-ring (bicyclic) bond motifs is 1. The van der Waals surface area contributed by atoms with Crippen molar-refractivity contribution in [2.45, 2.75) is 17.7 Å². The highest BCUT2D eigenvalue weighted by atomic mass is 35.5. The van der Waals surface area contributed by atoms with E-state index in [-0.39, 0.29) is 41.6 Å². The first kappa shape index (κ1) is 14.7. The molecule has 1 saturated heterocycles. The van der Waals surface area contributed by atoms with Crippen LogP contribution >= 0.6 is 23.4 Å². The SMILES string of the molecule is [2H]C([2H])([2H])Oc1nc(Cl)c(F)c2nc(SC)nc(N3CCOC[C@@](C)(O)C3)c12. The van der Waals surface area contributed by atoms with Crippen molar-refractivity contribution in [1.82, 2.24) is 15.0 Å². The Morgan fingerprint density at radius 1 is 1.48 bits per heavy atom. The maximum Gasteiger partial charge on any atom is 0.228 e. The van der Waals surface area contributed by atoms with Gasteiger partial charge in [0.1, 0.15) is 22.3 Å². The minimum Gasteiger partial charge on any atom is -0.480 e. The summed E-state index contributed by atoms with van der Waals surface area (Å²) in [5.41, 5.74) is -1.41. The van der Waals surface area contributed by atoms with Gasteiger partial charge in [-0.3, -0.25) is 0 Å². The van der Waals surface area contributed by atoms with Gasteiger partial charge in [-0.2, -0.15) is 4.98 Å². The van der Waals surface area contributed by atoms with Crippen LogP contribution in [0.4, 0.5) is 10.2 Å². The molecule has 3 heterocycles. The Kier molecular flexibility index (Phi) is 4.16. The average Bonchev–Trinajstić information content (AvgIpc) is 2.77. The summed E-state index contributed by atoms with van der Waals surface area (Å²) < 4.78 is 47.2. The van der Waals surface area contributed by atoms with Crippen LogP contribution in [0.25, 0.3) is 10.9 Å². The van der Waals surface area contributed by atoms with Crippen molar-refractivity contribution in [3.63, 3.8) is 0 Å². The van der Waals surface area contributed by atoms with E-state index in [1.54, 1.807) is 18.1 Å². The van der Waals surface area contributed by atoms with Crippen molar-refractivity contribution in [2.75, 3.05) is 44.5 Å². The summed E-state index contributed by atoms with van der Waals surface area (Å²) in [6.45, 7) is 2.44. The molecular weight excluding hydrogens is 371 g/mol. The molecule has 0 saturated carbocycles. The molecule has 1 atom stereocenters. The van der Waals surface area contributed by atoms with E-state index in [4.69, 9.17) is 25.2 Å². The molecule has 7 nitrogen and oxygen atoms in total. The first-order valence-corrected chi connectivity index (χ1v) is 8.96. The Labute approximate surface area is 157 Å². The van der Waals surface area contributed by atoms with Crippen molar-refractivity contribution in [2.24, 2.45) is 0 Å². The van der Waals surface area contributed by atoms with Crippen LogP contribution in [0.3, 0.4) is 0 Å². The van der Waals surface area contributed by atoms with Crippen LogP contribution in [0.15, 0.2) is 5.16 Å². The van der Waals surface area contributed by atoms with E-state index < -0.39 is 29.5 Å². The lowest BCUT2D eigenvalue weighted by Crippen LogP contribution is -2.42. The summed E-state index contributed by atoms with van der Waals surface area (Å²) in [6.07, 6.45) is 1.72. The predicted octanol–water partition coefficient (Wildman–Crippen LogP) is 2.14. The number of hydrogen-bond donors (Lipinski definition) is 1. The normalized spacial score (nSPS) is 23.7. The molecule has 1 aliphatic heterocycles. The highest BCUT2D eigenvalue weighted by Crippen LogP contribution is 2.36.